The molecule has 0 aromatic carbocycles. The molecule has 0 fully saturated rings. The summed E-state index contributed by atoms with van der Waals surface area (Å²) in [7, 11) is 1.94. The van der Waals surface area contributed by atoms with E-state index in [4.69, 9.17) is 12.2 Å². The Balaban J connectivity index is 2.09. The van der Waals surface area contributed by atoms with Crippen molar-refractivity contribution < 1.29 is 0 Å². The fraction of sp³-hybridized carbons (Fsp3) is 0.417. The van der Waals surface area contributed by atoms with Crippen molar-refractivity contribution in [2.45, 2.75) is 26.8 Å². The van der Waals surface area contributed by atoms with Crippen molar-refractivity contribution in [2.75, 3.05) is 0 Å². The first-order valence-electron chi connectivity index (χ1n) is 6.15. The summed E-state index contributed by atoms with van der Waals surface area (Å²) in [4.78, 5) is 8.98. The number of hydrogen-bond donors (Lipinski definition) is 1. The summed E-state index contributed by atoms with van der Waals surface area (Å²) in [5, 5.41) is 5.49. The number of nitrogens with zero attached hydrogens (tertiary/aromatic N) is 4. The van der Waals surface area contributed by atoms with Crippen LogP contribution in [-0.4, -0.2) is 24.3 Å². The summed E-state index contributed by atoms with van der Waals surface area (Å²) in [6.07, 6.45) is 2.97. The molecule has 3 heterocycles. The number of aryl methyl sites for hydroxylation is 3. The predicted molar refractivity (Wildman–Crippen MR) is 79.2 cm³/mol. The fourth-order valence-electron chi connectivity index (χ4n) is 2.24. The van der Waals surface area contributed by atoms with Crippen molar-refractivity contribution >= 4 is 34.7 Å². The molecule has 3 aromatic rings. The van der Waals surface area contributed by atoms with Gasteiger partial charge in [0.25, 0.3) is 0 Å². The predicted octanol–water partition coefficient (Wildman–Crippen LogP) is 2.81. The van der Waals surface area contributed by atoms with Crippen LogP contribution in [0.3, 0.4) is 0 Å². The summed E-state index contributed by atoms with van der Waals surface area (Å²) >= 11 is 7.14. The summed E-state index contributed by atoms with van der Waals surface area (Å²) in [6, 6.07) is 0. The molecule has 0 radical (unpaired) electrons. The Kier molecular flexibility index (Phi) is 3.02. The number of hydrogen-bond acceptors (Lipinski definition) is 4. The van der Waals surface area contributed by atoms with Gasteiger partial charge in [0.1, 0.15) is 10.5 Å². The number of rotatable bonds is 3. The molecule has 0 saturated heterocycles. The highest BCUT2D eigenvalue weighted by molar-refractivity contribution is 7.71. The number of H-pyrrole nitrogens is 1. The zero-order valence-corrected chi connectivity index (χ0v) is 12.7. The number of aromatic nitrogens is 5. The molecule has 1 N–H and O–H groups in total. The molecule has 0 aliphatic rings. The van der Waals surface area contributed by atoms with Crippen molar-refractivity contribution in [3.63, 3.8) is 0 Å². The van der Waals surface area contributed by atoms with E-state index >= 15 is 0 Å². The van der Waals surface area contributed by atoms with Gasteiger partial charge in [0, 0.05) is 18.1 Å². The molecule has 0 spiro atoms. The third-order valence-electron chi connectivity index (χ3n) is 3.17. The summed E-state index contributed by atoms with van der Waals surface area (Å²) in [5.41, 5.74) is 3.01. The Hall–Kier alpha value is -1.47. The maximum atomic E-state index is 5.40. The molecule has 100 valence electrons. The van der Waals surface area contributed by atoms with E-state index in [1.54, 1.807) is 11.3 Å². The van der Waals surface area contributed by atoms with Crippen LogP contribution in [-0.2, 0) is 20.0 Å². The molecule has 3 aromatic heterocycles. The van der Waals surface area contributed by atoms with Crippen LogP contribution in [0.15, 0.2) is 6.20 Å². The van der Waals surface area contributed by atoms with E-state index in [1.807, 2.05) is 24.9 Å². The minimum atomic E-state index is 0.697. The van der Waals surface area contributed by atoms with Crippen LogP contribution in [0.5, 0.6) is 0 Å². The molecule has 5 nitrogen and oxygen atoms in total. The van der Waals surface area contributed by atoms with E-state index in [2.05, 4.69) is 26.6 Å². The molecule has 0 bridgehead atoms. The highest BCUT2D eigenvalue weighted by Crippen LogP contribution is 2.20. The van der Waals surface area contributed by atoms with Gasteiger partial charge in [-0.2, -0.15) is 5.10 Å². The van der Waals surface area contributed by atoms with Gasteiger partial charge in [-0.3, -0.25) is 9.25 Å². The minimum absolute atomic E-state index is 0.697. The third kappa shape index (κ3) is 2.02. The average Bonchev–Trinajstić information content (AvgIpc) is 3.01. The average molecular weight is 293 g/mol. The van der Waals surface area contributed by atoms with Gasteiger partial charge in [-0.15, -0.1) is 11.3 Å². The topological polar surface area (TPSA) is 51.4 Å². The molecular weight excluding hydrogens is 278 g/mol. The summed E-state index contributed by atoms with van der Waals surface area (Å²) < 4.78 is 4.65. The van der Waals surface area contributed by atoms with Gasteiger partial charge < -0.3 is 4.98 Å². The number of thiazole rings is 1. The van der Waals surface area contributed by atoms with Crippen LogP contribution in [0.25, 0.3) is 11.2 Å². The molecule has 0 amide bonds. The lowest BCUT2D eigenvalue weighted by molar-refractivity contribution is 0.713. The zero-order valence-electron chi connectivity index (χ0n) is 11.1. The first-order valence-corrected chi connectivity index (χ1v) is 7.38. The smallest absolute Gasteiger partial charge is 0.179 e. The van der Waals surface area contributed by atoms with Crippen molar-refractivity contribution in [1.82, 2.24) is 24.3 Å². The third-order valence-corrected chi connectivity index (χ3v) is 4.62. The van der Waals surface area contributed by atoms with Gasteiger partial charge >= 0.3 is 0 Å². The molecule has 0 aliphatic heterocycles. The van der Waals surface area contributed by atoms with Crippen LogP contribution in [0.2, 0.25) is 0 Å². The number of nitrogens with one attached hydrogen (secondary N) is 1. The maximum Gasteiger partial charge on any atom is 0.179 e. The minimum Gasteiger partial charge on any atom is -0.328 e. The lowest BCUT2D eigenvalue weighted by Gasteiger charge is -2.01. The Labute approximate surface area is 119 Å². The van der Waals surface area contributed by atoms with Crippen molar-refractivity contribution in [3.8, 4) is 0 Å². The van der Waals surface area contributed by atoms with Crippen molar-refractivity contribution in [2.24, 2.45) is 7.05 Å². The number of imidazole rings is 1. The van der Waals surface area contributed by atoms with Gasteiger partial charge in [-0.25, -0.2) is 4.98 Å². The molecular formula is C12H15N5S2. The van der Waals surface area contributed by atoms with E-state index in [0.717, 1.165) is 33.1 Å². The zero-order chi connectivity index (χ0) is 13.6. The highest BCUT2D eigenvalue weighted by atomic mass is 32.1. The quantitative estimate of drug-likeness (QED) is 0.756. The van der Waals surface area contributed by atoms with E-state index in [0.29, 0.717) is 6.54 Å². The standard InChI is InChI=1S/C12H15N5S2/c1-4-8-5-13-9(19-8)6-17-11-10(14-12(17)18)7(2)15-16(11)3/h5H,4,6H2,1-3H3,(H,14,18). The monoisotopic (exact) mass is 293 g/mol. The van der Waals surface area contributed by atoms with Crippen molar-refractivity contribution in [3.05, 3.63) is 26.5 Å². The van der Waals surface area contributed by atoms with E-state index in [9.17, 15) is 0 Å². The van der Waals surface area contributed by atoms with E-state index in [-0.39, 0.29) is 0 Å². The highest BCUT2D eigenvalue weighted by Gasteiger charge is 2.13. The number of fused-ring (bicyclic) bond motifs is 1. The summed E-state index contributed by atoms with van der Waals surface area (Å²) in [5.74, 6) is 0. The molecule has 0 aliphatic carbocycles. The molecule has 7 heteroatoms. The lowest BCUT2D eigenvalue weighted by Crippen LogP contribution is -2.04. The normalized spacial score (nSPS) is 11.5. The van der Waals surface area contributed by atoms with Gasteiger partial charge in [-0.05, 0) is 25.6 Å². The first kappa shape index (κ1) is 12.6. The second-order valence-electron chi connectivity index (χ2n) is 4.50. The molecule has 0 saturated carbocycles. The Bertz CT molecular complexity index is 789. The SMILES string of the molecule is CCc1cnc(Cn2c(=S)[nH]c3c(C)nn(C)c32)s1. The molecule has 0 atom stereocenters. The molecule has 0 unspecified atom stereocenters. The van der Waals surface area contributed by atoms with Crippen LogP contribution in [0, 0.1) is 11.7 Å². The number of aromatic amines is 1. The van der Waals surface area contributed by atoms with Crippen molar-refractivity contribution in [1.29, 1.82) is 0 Å². The molecule has 19 heavy (non-hydrogen) atoms. The van der Waals surface area contributed by atoms with Crippen LogP contribution < -0.4 is 0 Å². The Morgan fingerprint density at radius 2 is 2.26 bits per heavy atom. The van der Waals surface area contributed by atoms with Gasteiger partial charge in [0.2, 0.25) is 0 Å². The first-order chi connectivity index (χ1) is 9.10. The second kappa shape index (κ2) is 4.57. The molecule has 3 rings (SSSR count). The van der Waals surface area contributed by atoms with Gasteiger partial charge in [-0.1, -0.05) is 6.92 Å². The van der Waals surface area contributed by atoms with Crippen LogP contribution in [0.1, 0.15) is 22.5 Å². The Morgan fingerprint density at radius 1 is 1.47 bits per heavy atom. The summed E-state index contributed by atoms with van der Waals surface area (Å²) in [6.45, 7) is 4.82. The lowest BCUT2D eigenvalue weighted by atomic mass is 10.4. The van der Waals surface area contributed by atoms with Crippen LogP contribution >= 0.6 is 23.6 Å². The van der Waals surface area contributed by atoms with E-state index in [1.165, 1.54) is 4.88 Å². The Morgan fingerprint density at radius 3 is 2.95 bits per heavy atom. The largest absolute Gasteiger partial charge is 0.328 e. The maximum absolute atomic E-state index is 5.40. The fourth-order valence-corrected chi connectivity index (χ4v) is 3.34. The van der Waals surface area contributed by atoms with Gasteiger partial charge in [0.05, 0.1) is 12.2 Å². The van der Waals surface area contributed by atoms with Crippen LogP contribution in [0.4, 0.5) is 0 Å². The van der Waals surface area contributed by atoms with E-state index < -0.39 is 0 Å². The second-order valence-corrected chi connectivity index (χ2v) is 6.08. The van der Waals surface area contributed by atoms with Gasteiger partial charge in [0.15, 0.2) is 10.4 Å².